The van der Waals surface area contributed by atoms with E-state index in [1.54, 1.807) is 6.07 Å². The maximum Gasteiger partial charge on any atom is 0.407 e. The van der Waals surface area contributed by atoms with E-state index in [1.165, 1.54) is 11.9 Å². The maximum atomic E-state index is 11.5. The third-order valence-corrected chi connectivity index (χ3v) is 5.60. The molecule has 0 saturated heterocycles. The molecule has 8 nitrogen and oxygen atoms in total. The SMILES string of the molecule is Cc1c(CN(C)C(=O)O)nc(-n2c(C)cc3c(C#N)cccc32)nc1NCc1ccccc1. The molecule has 2 N–H and O–H groups in total. The highest BCUT2D eigenvalue weighted by Gasteiger charge is 2.19. The number of amides is 1. The van der Waals surface area contributed by atoms with Crippen molar-refractivity contribution >= 4 is 22.8 Å². The molecule has 8 heteroatoms. The van der Waals surface area contributed by atoms with E-state index < -0.39 is 6.09 Å². The molecule has 4 aromatic rings. The number of hydrogen-bond donors (Lipinski definition) is 2. The molecule has 2 heterocycles. The van der Waals surface area contributed by atoms with Crippen LogP contribution >= 0.6 is 0 Å². The van der Waals surface area contributed by atoms with Gasteiger partial charge in [0.15, 0.2) is 0 Å². The molecule has 0 aliphatic heterocycles. The van der Waals surface area contributed by atoms with Crippen LogP contribution in [0.3, 0.4) is 0 Å². The van der Waals surface area contributed by atoms with Crippen LogP contribution in [0.15, 0.2) is 54.6 Å². The van der Waals surface area contributed by atoms with Gasteiger partial charge in [-0.2, -0.15) is 10.2 Å². The van der Waals surface area contributed by atoms with E-state index in [4.69, 9.17) is 9.97 Å². The number of hydrogen-bond acceptors (Lipinski definition) is 5. The van der Waals surface area contributed by atoms with Crippen molar-refractivity contribution in [3.05, 3.63) is 82.7 Å². The zero-order chi connectivity index (χ0) is 23.5. The summed E-state index contributed by atoms with van der Waals surface area (Å²) in [5.74, 6) is 1.06. The van der Waals surface area contributed by atoms with Gasteiger partial charge in [-0.05, 0) is 37.6 Å². The first kappa shape index (κ1) is 21.8. The highest BCUT2D eigenvalue weighted by Crippen LogP contribution is 2.27. The Kier molecular flexibility index (Phi) is 5.96. The third kappa shape index (κ3) is 4.34. The van der Waals surface area contributed by atoms with Crippen LogP contribution in [0.4, 0.5) is 10.6 Å². The number of nitriles is 1. The van der Waals surface area contributed by atoms with E-state index in [-0.39, 0.29) is 6.54 Å². The summed E-state index contributed by atoms with van der Waals surface area (Å²) < 4.78 is 1.90. The molecule has 2 aromatic heterocycles. The largest absolute Gasteiger partial charge is 0.465 e. The Balaban J connectivity index is 1.84. The van der Waals surface area contributed by atoms with Crippen LogP contribution < -0.4 is 5.32 Å². The summed E-state index contributed by atoms with van der Waals surface area (Å²) in [7, 11) is 1.51. The fourth-order valence-corrected chi connectivity index (χ4v) is 3.78. The Labute approximate surface area is 191 Å². The first-order valence-corrected chi connectivity index (χ1v) is 10.5. The van der Waals surface area contributed by atoms with Crippen molar-refractivity contribution in [2.75, 3.05) is 12.4 Å². The van der Waals surface area contributed by atoms with Gasteiger partial charge in [-0.25, -0.2) is 9.78 Å². The first-order valence-electron chi connectivity index (χ1n) is 10.5. The molecule has 1 amide bonds. The average molecular weight is 441 g/mol. The topological polar surface area (TPSA) is 107 Å². The van der Waals surface area contributed by atoms with Crippen molar-refractivity contribution in [1.29, 1.82) is 5.26 Å². The number of rotatable bonds is 6. The molecular weight excluding hydrogens is 416 g/mol. The molecular formula is C25H24N6O2. The van der Waals surface area contributed by atoms with E-state index in [1.807, 2.05) is 66.9 Å². The van der Waals surface area contributed by atoms with Gasteiger partial charge in [-0.3, -0.25) is 4.57 Å². The van der Waals surface area contributed by atoms with E-state index in [0.29, 0.717) is 29.6 Å². The molecule has 0 aliphatic carbocycles. The number of nitrogens with zero attached hydrogens (tertiary/aromatic N) is 5. The zero-order valence-corrected chi connectivity index (χ0v) is 18.7. The molecule has 4 rings (SSSR count). The number of fused-ring (bicyclic) bond motifs is 1. The number of aromatic nitrogens is 3. The predicted molar refractivity (Wildman–Crippen MR) is 126 cm³/mol. The van der Waals surface area contributed by atoms with Crippen molar-refractivity contribution in [2.45, 2.75) is 26.9 Å². The fourth-order valence-electron chi connectivity index (χ4n) is 3.78. The van der Waals surface area contributed by atoms with Gasteiger partial charge in [0.25, 0.3) is 0 Å². The van der Waals surface area contributed by atoms with Gasteiger partial charge in [0, 0.05) is 30.2 Å². The molecule has 0 spiro atoms. The van der Waals surface area contributed by atoms with Gasteiger partial charge < -0.3 is 15.3 Å². The number of anilines is 1. The number of nitrogens with one attached hydrogen (secondary N) is 1. The minimum absolute atomic E-state index is 0.123. The Hall–Kier alpha value is -4.38. The lowest BCUT2D eigenvalue weighted by Crippen LogP contribution is -2.26. The summed E-state index contributed by atoms with van der Waals surface area (Å²) in [5.41, 5.74) is 4.77. The normalized spacial score (nSPS) is 10.7. The molecule has 2 aromatic carbocycles. The number of carbonyl (C=O) groups is 1. The van der Waals surface area contributed by atoms with E-state index >= 15 is 0 Å². The fraction of sp³-hybridized carbons (Fsp3) is 0.200. The second kappa shape index (κ2) is 9.01. The van der Waals surface area contributed by atoms with Crippen LogP contribution in [0.1, 0.15) is 28.1 Å². The standard InChI is InChI=1S/C25H24N6O2/c1-16-12-20-19(13-26)10-7-11-22(20)31(16)24-28-21(15-30(3)25(32)33)17(2)23(29-24)27-14-18-8-5-4-6-9-18/h4-12H,14-15H2,1-3H3,(H,32,33)(H,27,28,29). The van der Waals surface area contributed by atoms with Crippen LogP contribution in [0.25, 0.3) is 16.9 Å². The van der Waals surface area contributed by atoms with E-state index in [2.05, 4.69) is 11.4 Å². The summed E-state index contributed by atoms with van der Waals surface area (Å²) in [6.45, 7) is 4.51. The molecule has 0 aliphatic rings. The van der Waals surface area contributed by atoms with Crippen LogP contribution in [-0.2, 0) is 13.1 Å². The second-order valence-electron chi connectivity index (χ2n) is 7.89. The minimum atomic E-state index is -1.03. The molecule has 0 bridgehead atoms. The summed E-state index contributed by atoms with van der Waals surface area (Å²) in [5, 5.41) is 23.1. The molecule has 166 valence electrons. The molecule has 0 unspecified atom stereocenters. The van der Waals surface area contributed by atoms with Gasteiger partial charge >= 0.3 is 6.09 Å². The quantitative estimate of drug-likeness (QED) is 0.453. The Bertz CT molecular complexity index is 1370. The Morgan fingerprint density at radius 2 is 1.91 bits per heavy atom. The lowest BCUT2D eigenvalue weighted by atomic mass is 10.1. The predicted octanol–water partition coefficient (Wildman–Crippen LogP) is 4.63. The minimum Gasteiger partial charge on any atom is -0.465 e. The maximum absolute atomic E-state index is 11.5. The second-order valence-corrected chi connectivity index (χ2v) is 7.89. The highest BCUT2D eigenvalue weighted by atomic mass is 16.4. The van der Waals surface area contributed by atoms with Gasteiger partial charge in [-0.15, -0.1) is 0 Å². The molecule has 0 radical (unpaired) electrons. The Morgan fingerprint density at radius 1 is 1.15 bits per heavy atom. The van der Waals surface area contributed by atoms with Crippen molar-refractivity contribution in [1.82, 2.24) is 19.4 Å². The molecule has 0 atom stereocenters. The highest BCUT2D eigenvalue weighted by molar-refractivity contribution is 5.88. The molecule has 0 fully saturated rings. The van der Waals surface area contributed by atoms with Crippen molar-refractivity contribution in [2.24, 2.45) is 0 Å². The molecule has 33 heavy (non-hydrogen) atoms. The Morgan fingerprint density at radius 3 is 2.61 bits per heavy atom. The smallest absolute Gasteiger partial charge is 0.407 e. The zero-order valence-electron chi connectivity index (χ0n) is 18.7. The number of carboxylic acid groups (broad SMARTS) is 1. The van der Waals surface area contributed by atoms with Crippen molar-refractivity contribution in [3.8, 4) is 12.0 Å². The van der Waals surface area contributed by atoms with Crippen molar-refractivity contribution in [3.63, 3.8) is 0 Å². The summed E-state index contributed by atoms with van der Waals surface area (Å²) in [6.07, 6.45) is -1.03. The monoisotopic (exact) mass is 440 g/mol. The van der Waals surface area contributed by atoms with E-state index in [9.17, 15) is 15.2 Å². The summed E-state index contributed by atoms with van der Waals surface area (Å²) in [6, 6.07) is 19.7. The lowest BCUT2D eigenvalue weighted by Gasteiger charge is -2.18. The van der Waals surface area contributed by atoms with Gasteiger partial charge in [-0.1, -0.05) is 36.4 Å². The van der Waals surface area contributed by atoms with Crippen molar-refractivity contribution < 1.29 is 9.90 Å². The van der Waals surface area contributed by atoms with Gasteiger partial charge in [0.2, 0.25) is 5.95 Å². The summed E-state index contributed by atoms with van der Waals surface area (Å²) >= 11 is 0. The first-order chi connectivity index (χ1) is 15.9. The van der Waals surface area contributed by atoms with E-state index in [0.717, 1.165) is 27.7 Å². The number of aryl methyl sites for hydroxylation is 1. The van der Waals surface area contributed by atoms with Crippen LogP contribution in [0, 0.1) is 25.2 Å². The van der Waals surface area contributed by atoms with Crippen LogP contribution in [0.5, 0.6) is 0 Å². The third-order valence-electron chi connectivity index (χ3n) is 5.60. The van der Waals surface area contributed by atoms with Gasteiger partial charge in [0.1, 0.15) is 5.82 Å². The lowest BCUT2D eigenvalue weighted by molar-refractivity contribution is 0.153. The van der Waals surface area contributed by atoms with Gasteiger partial charge in [0.05, 0.1) is 29.4 Å². The van der Waals surface area contributed by atoms with Crippen LogP contribution in [0.2, 0.25) is 0 Å². The average Bonchev–Trinajstić information content (AvgIpc) is 3.16. The van der Waals surface area contributed by atoms with Crippen LogP contribution in [-0.4, -0.2) is 37.7 Å². The summed E-state index contributed by atoms with van der Waals surface area (Å²) in [4.78, 5) is 22.2. The molecule has 0 saturated carbocycles. The number of benzene rings is 2.